The molecule has 0 spiro atoms. The van der Waals surface area contributed by atoms with E-state index in [-0.39, 0.29) is 23.8 Å². The van der Waals surface area contributed by atoms with Gasteiger partial charge in [-0.2, -0.15) is 0 Å². The second kappa shape index (κ2) is 8.10. The van der Waals surface area contributed by atoms with Crippen LogP contribution in [0.2, 0.25) is 51.4 Å². The smallest absolute Gasteiger partial charge is 0.232 e. The lowest BCUT2D eigenvalue weighted by atomic mass is 9.98. The van der Waals surface area contributed by atoms with E-state index in [4.69, 9.17) is 0 Å². The van der Waals surface area contributed by atoms with Crippen molar-refractivity contribution in [2.75, 3.05) is 0 Å². The van der Waals surface area contributed by atoms with Gasteiger partial charge in [-0.25, -0.2) is 0 Å². The van der Waals surface area contributed by atoms with Crippen LogP contribution in [-0.2, 0) is 9.59 Å². The summed E-state index contributed by atoms with van der Waals surface area (Å²) in [4.78, 5) is 26.1. The van der Waals surface area contributed by atoms with Crippen LogP contribution in [0.3, 0.4) is 0 Å². The van der Waals surface area contributed by atoms with Crippen LogP contribution in [0.1, 0.15) is 39.0 Å². The molecule has 0 aromatic carbocycles. The molecule has 0 radical (unpaired) electrons. The molecule has 0 aromatic heterocycles. The number of amides is 2. The fourth-order valence-electron chi connectivity index (χ4n) is 3.56. The molecule has 1 fully saturated rings. The molecule has 23 heavy (non-hydrogen) atoms. The van der Waals surface area contributed by atoms with Gasteiger partial charge in [0.25, 0.3) is 0 Å². The Kier molecular flexibility index (Phi) is 7.26. The number of hydrogen-bond donors (Lipinski definition) is 0. The zero-order valence-corrected chi connectivity index (χ0v) is 18.4. The Morgan fingerprint density at radius 3 is 1.91 bits per heavy atom. The molecule has 1 aliphatic rings. The summed E-state index contributed by atoms with van der Waals surface area (Å²) >= 11 is 0. The highest BCUT2D eigenvalue weighted by Gasteiger charge is 2.41. The van der Waals surface area contributed by atoms with Crippen molar-refractivity contribution in [2.45, 2.75) is 96.4 Å². The van der Waals surface area contributed by atoms with Crippen LogP contribution in [0, 0.1) is 5.92 Å². The lowest BCUT2D eigenvalue weighted by Gasteiger charge is -2.23. The summed E-state index contributed by atoms with van der Waals surface area (Å²) in [5.74, 6) is 0.138. The Morgan fingerprint density at radius 2 is 1.48 bits per heavy atom. The highest BCUT2D eigenvalue weighted by Crippen LogP contribution is 2.33. The van der Waals surface area contributed by atoms with Crippen LogP contribution >= 0.6 is 0 Å². The number of nitrogens with zero attached hydrogens (tertiary/aromatic N) is 1. The van der Waals surface area contributed by atoms with Gasteiger partial charge in [-0.1, -0.05) is 64.2 Å². The number of carbonyl (C=O) groups excluding carboxylic acids is 2. The highest BCUT2D eigenvalue weighted by atomic mass is 28.3. The zero-order chi connectivity index (χ0) is 17.8. The Hall–Kier alpha value is -0.426. The Bertz CT molecular complexity index is 424. The number of carbonyl (C=O) groups is 2. The van der Waals surface area contributed by atoms with Crippen LogP contribution < -0.4 is 0 Å². The molecule has 134 valence electrons. The van der Waals surface area contributed by atoms with E-state index in [2.05, 4.69) is 39.3 Å². The van der Waals surface area contributed by atoms with Crippen molar-refractivity contribution < 1.29 is 9.59 Å². The van der Waals surface area contributed by atoms with Crippen molar-refractivity contribution >= 4 is 28.0 Å². The average molecular weight is 356 g/mol. The molecule has 0 saturated carbocycles. The molecule has 2 atom stereocenters. The number of imide groups is 1. The van der Waals surface area contributed by atoms with Crippen LogP contribution in [0.25, 0.3) is 0 Å². The molecule has 3 nitrogen and oxygen atoms in total. The van der Waals surface area contributed by atoms with Gasteiger partial charge < -0.3 is 0 Å². The summed E-state index contributed by atoms with van der Waals surface area (Å²) in [5, 5.41) is 0. The quantitative estimate of drug-likeness (QED) is 0.575. The van der Waals surface area contributed by atoms with E-state index in [1.165, 1.54) is 12.1 Å². The number of hydrogen-bond acceptors (Lipinski definition) is 2. The van der Waals surface area contributed by atoms with E-state index in [1.54, 1.807) is 11.8 Å². The third-order valence-electron chi connectivity index (χ3n) is 4.79. The van der Waals surface area contributed by atoms with E-state index in [0.717, 1.165) is 32.1 Å². The van der Waals surface area contributed by atoms with E-state index >= 15 is 0 Å². The first-order valence-corrected chi connectivity index (χ1v) is 16.7. The van der Waals surface area contributed by atoms with Crippen LogP contribution in [0.4, 0.5) is 0 Å². The molecule has 0 aliphatic carbocycles. The van der Waals surface area contributed by atoms with E-state index in [1.807, 2.05) is 0 Å². The van der Waals surface area contributed by atoms with Gasteiger partial charge in [0.2, 0.25) is 11.8 Å². The normalized spacial score (nSPS) is 22.7. The van der Waals surface area contributed by atoms with E-state index in [9.17, 15) is 9.59 Å². The largest absolute Gasteiger partial charge is 0.279 e. The summed E-state index contributed by atoms with van der Waals surface area (Å²) < 4.78 is 0. The zero-order valence-electron chi connectivity index (χ0n) is 16.4. The number of likely N-dealkylation sites (tertiary alicyclic amines) is 1. The highest BCUT2D eigenvalue weighted by molar-refractivity contribution is 6.76. The van der Waals surface area contributed by atoms with Crippen molar-refractivity contribution in [3.63, 3.8) is 0 Å². The second-order valence-electron chi connectivity index (χ2n) is 9.72. The Labute approximate surface area is 145 Å². The van der Waals surface area contributed by atoms with Gasteiger partial charge in [-0.15, -0.1) is 0 Å². The Balaban J connectivity index is 2.57. The fraction of sp³-hybridized carbons (Fsp3) is 0.889. The summed E-state index contributed by atoms with van der Waals surface area (Å²) in [6, 6.07) is 2.72. The van der Waals surface area contributed by atoms with Crippen molar-refractivity contribution in [3.8, 4) is 0 Å². The number of rotatable bonds is 8. The first-order chi connectivity index (χ1) is 10.4. The minimum absolute atomic E-state index is 0.0549. The summed E-state index contributed by atoms with van der Waals surface area (Å²) in [6.45, 7) is 15.8. The second-order valence-corrected chi connectivity index (χ2v) is 21.0. The van der Waals surface area contributed by atoms with E-state index < -0.39 is 16.1 Å². The van der Waals surface area contributed by atoms with Crippen molar-refractivity contribution in [3.05, 3.63) is 0 Å². The molecular weight excluding hydrogens is 318 g/mol. The van der Waals surface area contributed by atoms with Crippen molar-refractivity contribution in [1.82, 2.24) is 4.90 Å². The monoisotopic (exact) mass is 355 g/mol. The first-order valence-electron chi connectivity index (χ1n) is 9.24. The molecule has 0 bridgehead atoms. The fourth-order valence-corrected chi connectivity index (χ4v) is 6.09. The summed E-state index contributed by atoms with van der Waals surface area (Å²) in [6.07, 6.45) is 5.16. The lowest BCUT2D eigenvalue weighted by Crippen LogP contribution is -2.38. The van der Waals surface area contributed by atoms with Gasteiger partial charge in [-0.3, -0.25) is 14.5 Å². The average Bonchev–Trinajstić information content (AvgIpc) is 2.63. The minimum Gasteiger partial charge on any atom is -0.279 e. The molecule has 2 amide bonds. The standard InChI is InChI=1S/C18H37NO2Si2/c1-15(20)19-17(11-9-13-23(5,6)7)14-16(18(19)21)10-8-12-22(2,3)4/h16-17H,8-14H2,1-7H3/t16-,17+/m1/s1. The molecule has 0 N–H and O–H groups in total. The molecule has 1 rings (SSSR count). The summed E-state index contributed by atoms with van der Waals surface area (Å²) in [5.41, 5.74) is 0. The Morgan fingerprint density at radius 1 is 1.00 bits per heavy atom. The van der Waals surface area contributed by atoms with Gasteiger partial charge in [-0.05, 0) is 19.3 Å². The topological polar surface area (TPSA) is 37.4 Å². The third kappa shape index (κ3) is 7.33. The first kappa shape index (κ1) is 20.6. The third-order valence-corrected chi connectivity index (χ3v) is 8.50. The molecule has 5 heteroatoms. The van der Waals surface area contributed by atoms with Gasteiger partial charge in [0, 0.05) is 35.0 Å². The van der Waals surface area contributed by atoms with Crippen molar-refractivity contribution in [2.24, 2.45) is 5.92 Å². The minimum atomic E-state index is -1.04. The van der Waals surface area contributed by atoms with Gasteiger partial charge in [0.1, 0.15) is 0 Å². The predicted molar refractivity (Wildman–Crippen MR) is 104 cm³/mol. The van der Waals surface area contributed by atoms with E-state index in [0.29, 0.717) is 0 Å². The molecule has 1 heterocycles. The van der Waals surface area contributed by atoms with Crippen LogP contribution in [0.15, 0.2) is 0 Å². The molecule has 1 saturated heterocycles. The van der Waals surface area contributed by atoms with Crippen LogP contribution in [0.5, 0.6) is 0 Å². The molecule has 0 unspecified atom stereocenters. The lowest BCUT2D eigenvalue weighted by molar-refractivity contribution is -0.144. The molecule has 1 aliphatic heterocycles. The maximum Gasteiger partial charge on any atom is 0.232 e. The van der Waals surface area contributed by atoms with Crippen molar-refractivity contribution in [1.29, 1.82) is 0 Å². The maximum absolute atomic E-state index is 12.6. The van der Waals surface area contributed by atoms with Gasteiger partial charge in [0.05, 0.1) is 0 Å². The SMILES string of the molecule is CC(=O)N1C(=O)[C@H](CCC[Si](C)(C)C)C[C@@H]1CCC[Si](C)(C)C. The predicted octanol–water partition coefficient (Wildman–Crippen LogP) is 4.99. The molecule has 0 aromatic rings. The summed E-state index contributed by atoms with van der Waals surface area (Å²) in [7, 11) is -2.07. The maximum atomic E-state index is 12.6. The molecular formula is C18H37NO2Si2. The van der Waals surface area contributed by atoms with Gasteiger partial charge in [0.15, 0.2) is 0 Å². The van der Waals surface area contributed by atoms with Gasteiger partial charge >= 0.3 is 0 Å². The van der Waals surface area contributed by atoms with Crippen LogP contribution in [-0.4, -0.2) is 38.9 Å².